The summed E-state index contributed by atoms with van der Waals surface area (Å²) in [7, 11) is 1.55. The van der Waals surface area contributed by atoms with E-state index in [9.17, 15) is 9.59 Å². The summed E-state index contributed by atoms with van der Waals surface area (Å²) in [5.74, 6) is -0.245. The maximum Gasteiger partial charge on any atom is 0.269 e. The van der Waals surface area contributed by atoms with E-state index in [0.29, 0.717) is 16.3 Å². The minimum absolute atomic E-state index is 0.0462. The number of halogens is 1. The molecule has 0 fully saturated rings. The van der Waals surface area contributed by atoms with Crippen LogP contribution >= 0.6 is 23.8 Å². The van der Waals surface area contributed by atoms with E-state index in [1.54, 1.807) is 37.5 Å². The monoisotopic (exact) mass is 389 g/mol. The lowest BCUT2D eigenvalue weighted by atomic mass is 10.2. The van der Waals surface area contributed by atoms with E-state index in [1.165, 1.54) is 12.1 Å². The zero-order valence-corrected chi connectivity index (χ0v) is 15.4. The highest BCUT2D eigenvalue weighted by Crippen LogP contribution is 2.18. The number of benzene rings is 2. The predicted molar refractivity (Wildman–Crippen MR) is 105 cm³/mol. The molecule has 0 heterocycles. The molecule has 6 nitrogen and oxygen atoms in total. The third-order valence-electron chi connectivity index (χ3n) is 3.17. The van der Waals surface area contributed by atoms with E-state index < -0.39 is 11.8 Å². The number of methoxy groups -OCH3 is 1. The molecule has 2 amide bonds. The van der Waals surface area contributed by atoms with Gasteiger partial charge in [-0.2, -0.15) is 0 Å². The van der Waals surface area contributed by atoms with Crippen molar-refractivity contribution in [3.63, 3.8) is 0 Å². The van der Waals surface area contributed by atoms with Gasteiger partial charge in [0, 0.05) is 22.2 Å². The zero-order chi connectivity index (χ0) is 18.9. The molecule has 3 N–H and O–H groups in total. The van der Waals surface area contributed by atoms with Crippen molar-refractivity contribution in [1.29, 1.82) is 0 Å². The Morgan fingerprint density at radius 2 is 1.88 bits per heavy atom. The standard InChI is InChI=1S/C18H16ClN3O3S/c1-25-15-8-3-2-5-12(15)9-10-16(23)20-18(26)22-21-17(24)13-6-4-7-14(19)11-13/h2-11H,1H3,(H,21,24)(H2,20,22,23,26). The fraction of sp³-hybridized carbons (Fsp3) is 0.0556. The van der Waals surface area contributed by atoms with Gasteiger partial charge >= 0.3 is 0 Å². The van der Waals surface area contributed by atoms with Crippen LogP contribution in [0.25, 0.3) is 6.08 Å². The molecule has 0 atom stereocenters. The Bertz CT molecular complexity index is 855. The van der Waals surface area contributed by atoms with E-state index in [1.807, 2.05) is 18.2 Å². The summed E-state index contributed by atoms with van der Waals surface area (Å²) < 4.78 is 5.20. The Labute approximate surface area is 161 Å². The fourth-order valence-corrected chi connectivity index (χ4v) is 2.31. The molecule has 0 saturated heterocycles. The van der Waals surface area contributed by atoms with Crippen molar-refractivity contribution < 1.29 is 14.3 Å². The summed E-state index contributed by atoms with van der Waals surface area (Å²) in [6, 6.07) is 13.7. The molecule has 0 unspecified atom stereocenters. The smallest absolute Gasteiger partial charge is 0.269 e. The van der Waals surface area contributed by atoms with Gasteiger partial charge in [-0.05, 0) is 42.6 Å². The van der Waals surface area contributed by atoms with Crippen molar-refractivity contribution in [2.45, 2.75) is 0 Å². The van der Waals surface area contributed by atoms with Crippen molar-refractivity contribution >= 4 is 46.8 Å². The summed E-state index contributed by atoms with van der Waals surface area (Å²) in [6.45, 7) is 0. The van der Waals surface area contributed by atoms with E-state index in [4.69, 9.17) is 28.6 Å². The van der Waals surface area contributed by atoms with Crippen molar-refractivity contribution in [2.75, 3.05) is 7.11 Å². The Kier molecular flexibility index (Phi) is 7.13. The van der Waals surface area contributed by atoms with Crippen molar-refractivity contribution in [2.24, 2.45) is 0 Å². The first-order valence-electron chi connectivity index (χ1n) is 7.47. The van der Waals surface area contributed by atoms with Crippen LogP contribution in [-0.2, 0) is 4.79 Å². The van der Waals surface area contributed by atoms with Gasteiger partial charge in [-0.25, -0.2) is 0 Å². The van der Waals surface area contributed by atoms with Gasteiger partial charge < -0.3 is 4.74 Å². The Balaban J connectivity index is 1.84. The molecule has 134 valence electrons. The lowest BCUT2D eigenvalue weighted by Gasteiger charge is -2.10. The van der Waals surface area contributed by atoms with Gasteiger partial charge in [0.15, 0.2) is 5.11 Å². The summed E-state index contributed by atoms with van der Waals surface area (Å²) >= 11 is 10.8. The predicted octanol–water partition coefficient (Wildman–Crippen LogP) is 2.70. The van der Waals surface area contributed by atoms with Crippen LogP contribution in [0.5, 0.6) is 5.75 Å². The summed E-state index contributed by atoms with van der Waals surface area (Å²) in [5, 5.41) is 2.81. The summed E-state index contributed by atoms with van der Waals surface area (Å²) in [6.07, 6.45) is 2.91. The van der Waals surface area contributed by atoms with Crippen LogP contribution in [0.2, 0.25) is 5.02 Å². The van der Waals surface area contributed by atoms with Crippen molar-refractivity contribution in [3.05, 3.63) is 70.8 Å². The van der Waals surface area contributed by atoms with Crippen LogP contribution < -0.4 is 20.9 Å². The summed E-state index contributed by atoms with van der Waals surface area (Å²) in [4.78, 5) is 23.8. The average Bonchev–Trinajstić information content (AvgIpc) is 2.64. The molecule has 0 bridgehead atoms. The lowest BCUT2D eigenvalue weighted by Crippen LogP contribution is -2.48. The van der Waals surface area contributed by atoms with Crippen molar-refractivity contribution in [1.82, 2.24) is 16.2 Å². The topological polar surface area (TPSA) is 79.5 Å². The normalized spacial score (nSPS) is 10.2. The molecule has 0 spiro atoms. The number of hydrogen-bond acceptors (Lipinski definition) is 4. The lowest BCUT2D eigenvalue weighted by molar-refractivity contribution is -0.115. The quantitative estimate of drug-likeness (QED) is 0.425. The van der Waals surface area contributed by atoms with Gasteiger partial charge in [-0.1, -0.05) is 35.9 Å². The molecular weight excluding hydrogens is 374 g/mol. The molecule has 2 rings (SSSR count). The molecule has 8 heteroatoms. The molecule has 2 aromatic carbocycles. The Hall–Kier alpha value is -2.90. The first-order chi connectivity index (χ1) is 12.5. The first kappa shape index (κ1) is 19.4. The van der Waals surface area contributed by atoms with Crippen LogP contribution in [0.1, 0.15) is 15.9 Å². The number of nitrogens with one attached hydrogen (secondary N) is 3. The number of para-hydroxylation sites is 1. The van der Waals surface area contributed by atoms with Gasteiger partial charge in [-0.3, -0.25) is 25.8 Å². The second kappa shape index (κ2) is 9.55. The second-order valence-electron chi connectivity index (χ2n) is 4.98. The molecule has 26 heavy (non-hydrogen) atoms. The number of rotatable bonds is 4. The Morgan fingerprint density at radius 1 is 1.12 bits per heavy atom. The maximum atomic E-state index is 11.9. The molecule has 0 saturated carbocycles. The molecule has 0 radical (unpaired) electrons. The van der Waals surface area contributed by atoms with Gasteiger partial charge in [-0.15, -0.1) is 0 Å². The minimum atomic E-state index is -0.453. The third kappa shape index (κ3) is 5.87. The molecular formula is C18H16ClN3O3S. The van der Waals surface area contributed by atoms with Crippen LogP contribution in [-0.4, -0.2) is 24.0 Å². The van der Waals surface area contributed by atoms with Gasteiger partial charge in [0.25, 0.3) is 5.91 Å². The van der Waals surface area contributed by atoms with E-state index in [0.717, 1.165) is 5.56 Å². The number of carbonyl (C=O) groups is 2. The van der Waals surface area contributed by atoms with Crippen molar-refractivity contribution in [3.8, 4) is 5.75 Å². The fourth-order valence-electron chi connectivity index (χ4n) is 1.97. The van der Waals surface area contributed by atoms with Gasteiger partial charge in [0.2, 0.25) is 5.91 Å². The Morgan fingerprint density at radius 3 is 2.62 bits per heavy atom. The number of hydrogen-bond donors (Lipinski definition) is 3. The number of carbonyl (C=O) groups excluding carboxylic acids is 2. The van der Waals surface area contributed by atoms with Gasteiger partial charge in [0.05, 0.1) is 7.11 Å². The zero-order valence-electron chi connectivity index (χ0n) is 13.8. The molecule has 0 aliphatic rings. The highest BCUT2D eigenvalue weighted by atomic mass is 35.5. The number of hydrazine groups is 1. The average molecular weight is 390 g/mol. The largest absolute Gasteiger partial charge is 0.496 e. The molecule has 2 aromatic rings. The highest BCUT2D eigenvalue weighted by Gasteiger charge is 2.07. The van der Waals surface area contributed by atoms with Crippen LogP contribution in [0.4, 0.5) is 0 Å². The molecule has 0 aliphatic heterocycles. The maximum absolute atomic E-state index is 11.9. The minimum Gasteiger partial charge on any atom is -0.496 e. The van der Waals surface area contributed by atoms with Gasteiger partial charge in [0.1, 0.15) is 5.75 Å². The number of amides is 2. The second-order valence-corrected chi connectivity index (χ2v) is 5.83. The third-order valence-corrected chi connectivity index (χ3v) is 3.61. The van der Waals surface area contributed by atoms with E-state index in [-0.39, 0.29) is 5.11 Å². The molecule has 0 aromatic heterocycles. The van der Waals surface area contributed by atoms with Crippen LogP contribution in [0.3, 0.4) is 0 Å². The summed E-state index contributed by atoms with van der Waals surface area (Å²) in [5.41, 5.74) is 5.93. The van der Waals surface area contributed by atoms with E-state index >= 15 is 0 Å². The van der Waals surface area contributed by atoms with E-state index in [2.05, 4.69) is 16.2 Å². The SMILES string of the molecule is COc1ccccc1C=CC(=O)NC(=S)NNC(=O)c1cccc(Cl)c1. The van der Waals surface area contributed by atoms with Crippen LogP contribution in [0, 0.1) is 0 Å². The highest BCUT2D eigenvalue weighted by molar-refractivity contribution is 7.80. The molecule has 0 aliphatic carbocycles. The number of thiocarbonyl (C=S) groups is 1. The van der Waals surface area contributed by atoms with Crippen LogP contribution in [0.15, 0.2) is 54.6 Å². The number of ether oxygens (including phenoxy) is 1. The first-order valence-corrected chi connectivity index (χ1v) is 8.26.